The third-order valence-corrected chi connectivity index (χ3v) is 3.73. The zero-order valence-electron chi connectivity index (χ0n) is 17.6. The molecule has 0 aliphatic carbocycles. The number of carbonyl (C=O) groups excluding carboxylic acids is 1. The third-order valence-electron chi connectivity index (χ3n) is 3.73. The number of aryl methyl sites for hydroxylation is 1. The van der Waals surface area contributed by atoms with Crippen molar-refractivity contribution in [1.82, 2.24) is 5.32 Å². The number of hydrogen-bond acceptors (Lipinski definition) is 5. The number of nitrogens with two attached hydrogens (primary N) is 2. The van der Waals surface area contributed by atoms with E-state index >= 15 is 0 Å². The van der Waals surface area contributed by atoms with E-state index in [0.29, 0.717) is 13.2 Å². The maximum absolute atomic E-state index is 10.9. The lowest BCUT2D eigenvalue weighted by Gasteiger charge is -2.05. The molecule has 0 saturated heterocycles. The van der Waals surface area contributed by atoms with Gasteiger partial charge in [-0.1, -0.05) is 48.0 Å². The van der Waals surface area contributed by atoms with Gasteiger partial charge in [0, 0.05) is 6.54 Å². The number of ether oxygens (including phenoxy) is 2. The van der Waals surface area contributed by atoms with Gasteiger partial charge in [-0.05, 0) is 37.5 Å². The Labute approximate surface area is 182 Å². The predicted molar refractivity (Wildman–Crippen MR) is 119 cm³/mol. The molecular weight excluding hydrogens is 400 g/mol. The minimum absolute atomic E-state index is 0.131. The molecule has 0 aliphatic heterocycles. The van der Waals surface area contributed by atoms with Gasteiger partial charge in [-0.25, -0.2) is 4.79 Å². The van der Waals surface area contributed by atoms with E-state index in [1.807, 2.05) is 54.6 Å². The molecule has 6 N–H and O–H groups in total. The monoisotopic (exact) mass is 430 g/mol. The summed E-state index contributed by atoms with van der Waals surface area (Å²) >= 11 is 0. The van der Waals surface area contributed by atoms with E-state index in [4.69, 9.17) is 26.0 Å². The molecule has 1 amide bonds. The molecule has 0 fully saturated rings. The minimum Gasteiger partial charge on any atom is -0.494 e. The Hall–Kier alpha value is -3.75. The summed E-state index contributed by atoms with van der Waals surface area (Å²) in [6, 6.07) is 17.2. The van der Waals surface area contributed by atoms with Crippen LogP contribution < -0.4 is 21.5 Å². The van der Waals surface area contributed by atoms with Crippen molar-refractivity contribution in [2.24, 2.45) is 16.5 Å². The first kappa shape index (κ1) is 25.3. The van der Waals surface area contributed by atoms with Crippen molar-refractivity contribution in [2.45, 2.75) is 26.4 Å². The zero-order valence-corrected chi connectivity index (χ0v) is 17.6. The molecule has 168 valence electrons. The van der Waals surface area contributed by atoms with Crippen molar-refractivity contribution in [1.29, 1.82) is 0 Å². The summed E-state index contributed by atoms with van der Waals surface area (Å²) in [5, 5.41) is 10.4. The second-order valence-electron chi connectivity index (χ2n) is 6.48. The highest BCUT2D eigenvalue weighted by molar-refractivity contribution is 5.76. The predicted octanol–water partition coefficient (Wildman–Crippen LogP) is 2.42. The number of carboxylic acids is 1. The van der Waals surface area contributed by atoms with Gasteiger partial charge in [0.1, 0.15) is 18.9 Å². The van der Waals surface area contributed by atoms with Crippen LogP contribution in [-0.4, -0.2) is 42.8 Å². The molecule has 9 heteroatoms. The Bertz CT molecular complexity index is 806. The number of nitrogens with one attached hydrogen (secondary N) is 1. The SMILES string of the molecule is Cc1ccc(OCCCCN=C(N)N)cc1.O=C(O)CNC(=O)OCc1ccccc1. The number of unbranched alkanes of at least 4 members (excludes halogenated alkanes) is 1. The van der Waals surface area contributed by atoms with E-state index in [2.05, 4.69) is 17.2 Å². The fourth-order valence-corrected chi connectivity index (χ4v) is 2.17. The topological polar surface area (TPSA) is 149 Å². The highest BCUT2D eigenvalue weighted by Crippen LogP contribution is 2.11. The summed E-state index contributed by atoms with van der Waals surface area (Å²) in [5.74, 6) is -0.0430. The molecule has 2 aromatic carbocycles. The number of carbonyl (C=O) groups is 2. The van der Waals surface area contributed by atoms with Crippen LogP contribution in [0.3, 0.4) is 0 Å². The van der Waals surface area contributed by atoms with Gasteiger partial charge in [0.05, 0.1) is 6.61 Å². The van der Waals surface area contributed by atoms with E-state index in [-0.39, 0.29) is 12.6 Å². The average molecular weight is 431 g/mol. The number of aliphatic imine (C=N–C) groups is 1. The lowest BCUT2D eigenvalue weighted by Crippen LogP contribution is -2.29. The maximum atomic E-state index is 10.9. The van der Waals surface area contributed by atoms with Crippen molar-refractivity contribution in [3.63, 3.8) is 0 Å². The van der Waals surface area contributed by atoms with Gasteiger partial charge in [-0.3, -0.25) is 9.79 Å². The molecule has 0 atom stereocenters. The van der Waals surface area contributed by atoms with Crippen LogP contribution in [0.1, 0.15) is 24.0 Å². The Morgan fingerprint density at radius 1 is 1.03 bits per heavy atom. The molecule has 0 saturated carbocycles. The second kappa shape index (κ2) is 15.1. The maximum Gasteiger partial charge on any atom is 0.407 e. The quantitative estimate of drug-likeness (QED) is 0.257. The summed E-state index contributed by atoms with van der Waals surface area (Å²) in [7, 11) is 0. The first-order valence-corrected chi connectivity index (χ1v) is 9.78. The van der Waals surface area contributed by atoms with Crippen LogP contribution in [0.5, 0.6) is 5.75 Å². The summed E-state index contributed by atoms with van der Waals surface area (Å²) in [6.45, 7) is 3.11. The minimum atomic E-state index is -1.10. The fourth-order valence-electron chi connectivity index (χ4n) is 2.17. The number of alkyl carbamates (subject to hydrolysis) is 1. The molecule has 0 bridgehead atoms. The van der Waals surface area contributed by atoms with E-state index in [1.54, 1.807) is 0 Å². The number of benzene rings is 2. The Balaban J connectivity index is 0.000000311. The van der Waals surface area contributed by atoms with E-state index < -0.39 is 18.6 Å². The van der Waals surface area contributed by atoms with Gasteiger partial charge in [-0.2, -0.15) is 0 Å². The Kier molecular flexibility index (Phi) is 12.3. The molecule has 31 heavy (non-hydrogen) atoms. The molecule has 2 rings (SSSR count). The number of nitrogens with zero attached hydrogens (tertiary/aromatic N) is 1. The number of aliphatic carboxylic acids is 1. The normalized spacial score (nSPS) is 9.58. The Morgan fingerprint density at radius 3 is 2.32 bits per heavy atom. The van der Waals surface area contributed by atoms with Crippen LogP contribution in [0.25, 0.3) is 0 Å². The molecule has 0 aliphatic rings. The molecule has 0 aromatic heterocycles. The highest BCUT2D eigenvalue weighted by Gasteiger charge is 2.04. The fraction of sp³-hybridized carbons (Fsp3) is 0.318. The van der Waals surface area contributed by atoms with Gasteiger partial charge in [-0.15, -0.1) is 0 Å². The van der Waals surface area contributed by atoms with Crippen molar-refractivity contribution >= 4 is 18.0 Å². The van der Waals surface area contributed by atoms with Gasteiger partial charge in [0.2, 0.25) is 0 Å². The van der Waals surface area contributed by atoms with E-state index in [1.165, 1.54) is 5.56 Å². The van der Waals surface area contributed by atoms with Crippen LogP contribution in [0.4, 0.5) is 4.79 Å². The van der Waals surface area contributed by atoms with Crippen molar-refractivity contribution in [3.05, 3.63) is 65.7 Å². The van der Waals surface area contributed by atoms with Crippen LogP contribution in [0.15, 0.2) is 59.6 Å². The summed E-state index contributed by atoms with van der Waals surface area (Å²) < 4.78 is 10.3. The van der Waals surface area contributed by atoms with E-state index in [9.17, 15) is 9.59 Å². The van der Waals surface area contributed by atoms with Crippen molar-refractivity contribution < 1.29 is 24.2 Å². The van der Waals surface area contributed by atoms with Crippen LogP contribution in [0.2, 0.25) is 0 Å². The van der Waals surface area contributed by atoms with Crippen molar-refractivity contribution in [2.75, 3.05) is 19.7 Å². The number of rotatable bonds is 10. The molecule has 9 nitrogen and oxygen atoms in total. The summed E-state index contributed by atoms with van der Waals surface area (Å²) in [5.41, 5.74) is 12.5. The van der Waals surface area contributed by atoms with Gasteiger partial charge >= 0.3 is 12.1 Å². The average Bonchev–Trinajstić information content (AvgIpc) is 2.75. The lowest BCUT2D eigenvalue weighted by molar-refractivity contribution is -0.135. The number of guanidine groups is 1. The lowest BCUT2D eigenvalue weighted by atomic mass is 10.2. The van der Waals surface area contributed by atoms with Crippen molar-refractivity contribution in [3.8, 4) is 5.75 Å². The molecule has 0 heterocycles. The smallest absolute Gasteiger partial charge is 0.407 e. The standard InChI is InChI=1S/C12H19N3O.C10H11NO4/c1-10-4-6-11(7-5-10)16-9-3-2-8-15-12(13)14;12-9(13)6-11-10(14)15-7-8-4-2-1-3-5-8/h4-7H,2-3,8-9H2,1H3,(H4,13,14,15);1-5H,6-7H2,(H,11,14)(H,12,13). The first-order chi connectivity index (χ1) is 14.9. The van der Waals surface area contributed by atoms with Gasteiger partial charge < -0.3 is 31.4 Å². The second-order valence-corrected chi connectivity index (χ2v) is 6.48. The van der Waals surface area contributed by atoms with Crippen LogP contribution in [0, 0.1) is 6.92 Å². The highest BCUT2D eigenvalue weighted by atomic mass is 16.5. The Morgan fingerprint density at radius 2 is 1.71 bits per heavy atom. The van der Waals surface area contributed by atoms with Gasteiger partial charge in [0.25, 0.3) is 0 Å². The zero-order chi connectivity index (χ0) is 22.9. The molecule has 0 spiro atoms. The summed E-state index contributed by atoms with van der Waals surface area (Å²) in [4.78, 5) is 24.9. The van der Waals surface area contributed by atoms with Crippen LogP contribution >= 0.6 is 0 Å². The van der Waals surface area contributed by atoms with Gasteiger partial charge in [0.15, 0.2) is 5.96 Å². The molecular formula is C22H30N4O5. The first-order valence-electron chi connectivity index (χ1n) is 9.78. The molecule has 2 aromatic rings. The number of hydrogen-bond donors (Lipinski definition) is 4. The number of amides is 1. The molecule has 0 radical (unpaired) electrons. The summed E-state index contributed by atoms with van der Waals surface area (Å²) in [6.07, 6.45) is 1.15. The van der Waals surface area contributed by atoms with Crippen LogP contribution in [-0.2, 0) is 16.1 Å². The van der Waals surface area contributed by atoms with E-state index in [0.717, 1.165) is 24.2 Å². The third kappa shape index (κ3) is 14.0. The molecule has 0 unspecified atom stereocenters. The number of carboxylic acid groups (broad SMARTS) is 1. The largest absolute Gasteiger partial charge is 0.494 e.